The Bertz CT molecular complexity index is 618. The van der Waals surface area contributed by atoms with Gasteiger partial charge in [0.1, 0.15) is 6.04 Å². The second kappa shape index (κ2) is 7.52. The Kier molecular flexibility index (Phi) is 5.68. The van der Waals surface area contributed by atoms with E-state index in [4.69, 9.17) is 23.2 Å². The molecule has 4 amide bonds. The van der Waals surface area contributed by atoms with Crippen LogP contribution in [0.15, 0.2) is 18.2 Å². The largest absolute Gasteiger partial charge is 0.340 e. The third-order valence-electron chi connectivity index (χ3n) is 3.45. The van der Waals surface area contributed by atoms with Gasteiger partial charge in [-0.05, 0) is 31.0 Å². The summed E-state index contributed by atoms with van der Waals surface area (Å²) < 4.78 is 0. The van der Waals surface area contributed by atoms with Crippen molar-refractivity contribution in [1.29, 1.82) is 0 Å². The van der Waals surface area contributed by atoms with Crippen molar-refractivity contribution in [1.82, 2.24) is 21.1 Å². The lowest BCUT2D eigenvalue weighted by atomic mass is 10.1. The summed E-state index contributed by atoms with van der Waals surface area (Å²) in [5.74, 6) is -0.778. The number of benzene rings is 1. The van der Waals surface area contributed by atoms with E-state index in [1.54, 1.807) is 0 Å². The SMILES string of the molecule is CNC(=O)NNC(=O)C1CCCN1C(=O)c1cc(Cl)cc(Cl)c1. The van der Waals surface area contributed by atoms with Crippen LogP contribution in [-0.4, -0.2) is 42.4 Å². The molecule has 1 aliphatic heterocycles. The van der Waals surface area contributed by atoms with Gasteiger partial charge in [0.05, 0.1) is 0 Å². The minimum atomic E-state index is -0.655. The molecule has 0 bridgehead atoms. The molecular formula is C14H16Cl2N4O3. The molecule has 0 aliphatic carbocycles. The number of urea groups is 1. The fourth-order valence-electron chi connectivity index (χ4n) is 2.39. The summed E-state index contributed by atoms with van der Waals surface area (Å²) in [5, 5.41) is 3.01. The Labute approximate surface area is 143 Å². The molecule has 1 atom stereocenters. The summed E-state index contributed by atoms with van der Waals surface area (Å²) in [5.41, 5.74) is 4.80. The van der Waals surface area contributed by atoms with Crippen molar-refractivity contribution in [2.75, 3.05) is 13.6 Å². The molecule has 124 valence electrons. The molecule has 0 saturated carbocycles. The predicted molar refractivity (Wildman–Crippen MR) is 86.3 cm³/mol. The van der Waals surface area contributed by atoms with Crippen LogP contribution >= 0.6 is 23.2 Å². The van der Waals surface area contributed by atoms with E-state index in [1.165, 1.54) is 30.1 Å². The van der Waals surface area contributed by atoms with Crippen LogP contribution in [0.2, 0.25) is 10.0 Å². The molecule has 2 rings (SSSR count). The Morgan fingerprint density at radius 1 is 1.13 bits per heavy atom. The highest BCUT2D eigenvalue weighted by molar-refractivity contribution is 6.35. The number of hydrogen-bond donors (Lipinski definition) is 3. The van der Waals surface area contributed by atoms with Gasteiger partial charge in [-0.1, -0.05) is 23.2 Å². The van der Waals surface area contributed by atoms with Gasteiger partial charge in [0.2, 0.25) is 0 Å². The normalized spacial score (nSPS) is 16.8. The van der Waals surface area contributed by atoms with Crippen molar-refractivity contribution >= 4 is 41.0 Å². The summed E-state index contributed by atoms with van der Waals surface area (Å²) >= 11 is 11.8. The van der Waals surface area contributed by atoms with Crippen LogP contribution in [0.3, 0.4) is 0 Å². The first-order chi connectivity index (χ1) is 10.9. The zero-order valence-corrected chi connectivity index (χ0v) is 13.9. The highest BCUT2D eigenvalue weighted by Crippen LogP contribution is 2.24. The number of halogens is 2. The summed E-state index contributed by atoms with van der Waals surface area (Å²) in [6.45, 7) is 0.445. The third-order valence-corrected chi connectivity index (χ3v) is 3.89. The third kappa shape index (κ3) is 4.27. The van der Waals surface area contributed by atoms with Crippen molar-refractivity contribution in [2.45, 2.75) is 18.9 Å². The molecule has 1 unspecified atom stereocenters. The van der Waals surface area contributed by atoms with Gasteiger partial charge in [-0.15, -0.1) is 0 Å². The number of hydrazine groups is 1. The molecule has 1 aromatic rings. The maximum absolute atomic E-state index is 12.6. The molecule has 0 radical (unpaired) electrons. The maximum atomic E-state index is 12.6. The Balaban J connectivity index is 2.09. The number of carbonyl (C=O) groups excluding carboxylic acids is 3. The van der Waals surface area contributed by atoms with E-state index in [9.17, 15) is 14.4 Å². The number of likely N-dealkylation sites (tertiary alicyclic amines) is 1. The highest BCUT2D eigenvalue weighted by Gasteiger charge is 2.34. The minimum absolute atomic E-state index is 0.321. The van der Waals surface area contributed by atoms with Crippen LogP contribution in [0.5, 0.6) is 0 Å². The number of amides is 4. The Hall–Kier alpha value is -1.99. The predicted octanol–water partition coefficient (Wildman–Crippen LogP) is 1.56. The number of rotatable bonds is 2. The monoisotopic (exact) mass is 358 g/mol. The summed E-state index contributed by atoms with van der Waals surface area (Å²) in [6.07, 6.45) is 1.21. The summed E-state index contributed by atoms with van der Waals surface area (Å²) in [4.78, 5) is 37.3. The van der Waals surface area contributed by atoms with E-state index in [0.29, 0.717) is 35.0 Å². The summed E-state index contributed by atoms with van der Waals surface area (Å²) in [7, 11) is 1.43. The van der Waals surface area contributed by atoms with Gasteiger partial charge in [-0.25, -0.2) is 10.2 Å². The number of hydrogen-bond acceptors (Lipinski definition) is 3. The standard InChI is InChI=1S/C14H16Cl2N4O3/c1-17-14(23)19-18-12(21)11-3-2-4-20(11)13(22)8-5-9(15)7-10(16)6-8/h5-7,11H,2-4H2,1H3,(H,18,21)(H2,17,19,23). The molecule has 1 aliphatic rings. The van der Waals surface area contributed by atoms with Crippen molar-refractivity contribution in [2.24, 2.45) is 0 Å². The molecule has 1 fully saturated rings. The van der Waals surface area contributed by atoms with Gasteiger partial charge in [-0.3, -0.25) is 15.0 Å². The van der Waals surface area contributed by atoms with Gasteiger partial charge in [0.15, 0.2) is 0 Å². The minimum Gasteiger partial charge on any atom is -0.340 e. The van der Waals surface area contributed by atoms with E-state index in [2.05, 4.69) is 16.2 Å². The average Bonchev–Trinajstić information content (AvgIpc) is 3.00. The van der Waals surface area contributed by atoms with Gasteiger partial charge in [0.25, 0.3) is 11.8 Å². The molecule has 1 heterocycles. The van der Waals surface area contributed by atoms with Crippen LogP contribution in [0.25, 0.3) is 0 Å². The van der Waals surface area contributed by atoms with Crippen molar-refractivity contribution in [3.8, 4) is 0 Å². The second-order valence-corrected chi connectivity index (χ2v) is 5.88. The fraction of sp³-hybridized carbons (Fsp3) is 0.357. The lowest BCUT2D eigenvalue weighted by Gasteiger charge is -2.24. The highest BCUT2D eigenvalue weighted by atomic mass is 35.5. The van der Waals surface area contributed by atoms with Gasteiger partial charge in [0, 0.05) is 29.2 Å². The van der Waals surface area contributed by atoms with Crippen LogP contribution in [-0.2, 0) is 4.79 Å². The molecule has 23 heavy (non-hydrogen) atoms. The number of nitrogens with one attached hydrogen (secondary N) is 3. The van der Waals surface area contributed by atoms with E-state index in [-0.39, 0.29) is 5.91 Å². The van der Waals surface area contributed by atoms with E-state index < -0.39 is 18.0 Å². The van der Waals surface area contributed by atoms with Crippen LogP contribution < -0.4 is 16.2 Å². The molecular weight excluding hydrogens is 343 g/mol. The summed E-state index contributed by atoms with van der Waals surface area (Å²) in [6, 6.07) is 3.34. The lowest BCUT2D eigenvalue weighted by molar-refractivity contribution is -0.125. The smallest absolute Gasteiger partial charge is 0.333 e. The van der Waals surface area contributed by atoms with Crippen molar-refractivity contribution in [3.05, 3.63) is 33.8 Å². The zero-order chi connectivity index (χ0) is 17.0. The first-order valence-electron chi connectivity index (χ1n) is 6.97. The molecule has 0 aromatic heterocycles. The maximum Gasteiger partial charge on any atom is 0.333 e. The van der Waals surface area contributed by atoms with Gasteiger partial charge >= 0.3 is 6.03 Å². The quantitative estimate of drug-likeness (QED) is 0.700. The first kappa shape index (κ1) is 17.4. The Morgan fingerprint density at radius 3 is 2.39 bits per heavy atom. The average molecular weight is 359 g/mol. The number of carbonyl (C=O) groups is 3. The topological polar surface area (TPSA) is 90.5 Å². The van der Waals surface area contributed by atoms with E-state index in [0.717, 1.165) is 0 Å². The Morgan fingerprint density at radius 2 is 1.78 bits per heavy atom. The van der Waals surface area contributed by atoms with Gasteiger partial charge < -0.3 is 10.2 Å². The fourth-order valence-corrected chi connectivity index (χ4v) is 2.92. The van der Waals surface area contributed by atoms with Crippen molar-refractivity contribution < 1.29 is 14.4 Å². The van der Waals surface area contributed by atoms with E-state index in [1.807, 2.05) is 0 Å². The molecule has 0 spiro atoms. The number of nitrogens with zero attached hydrogens (tertiary/aromatic N) is 1. The second-order valence-electron chi connectivity index (χ2n) is 5.01. The molecule has 1 aromatic carbocycles. The lowest BCUT2D eigenvalue weighted by Crippen LogP contribution is -2.53. The zero-order valence-electron chi connectivity index (χ0n) is 12.4. The van der Waals surface area contributed by atoms with Crippen LogP contribution in [0.4, 0.5) is 4.79 Å². The van der Waals surface area contributed by atoms with Crippen molar-refractivity contribution in [3.63, 3.8) is 0 Å². The molecule has 9 heteroatoms. The first-order valence-corrected chi connectivity index (χ1v) is 7.72. The van der Waals surface area contributed by atoms with E-state index >= 15 is 0 Å². The van der Waals surface area contributed by atoms with Crippen LogP contribution in [0, 0.1) is 0 Å². The van der Waals surface area contributed by atoms with Crippen LogP contribution in [0.1, 0.15) is 23.2 Å². The molecule has 7 nitrogen and oxygen atoms in total. The molecule has 3 N–H and O–H groups in total. The molecule has 1 saturated heterocycles. The van der Waals surface area contributed by atoms with Gasteiger partial charge in [-0.2, -0.15) is 0 Å².